The van der Waals surface area contributed by atoms with Gasteiger partial charge in [-0.05, 0) is 38.0 Å². The second-order valence-electron chi connectivity index (χ2n) is 5.61. The number of fused-ring (bicyclic) bond motifs is 1. The molecule has 21 heavy (non-hydrogen) atoms. The van der Waals surface area contributed by atoms with E-state index in [4.69, 9.17) is 5.73 Å². The first-order chi connectivity index (χ1) is 10.00. The lowest BCUT2D eigenvalue weighted by Crippen LogP contribution is -2.51. The quantitative estimate of drug-likeness (QED) is 0.847. The summed E-state index contributed by atoms with van der Waals surface area (Å²) >= 11 is 1.68. The number of anilines is 2. The van der Waals surface area contributed by atoms with Crippen molar-refractivity contribution in [2.24, 2.45) is 0 Å². The smallest absolute Gasteiger partial charge is 0.304 e. The van der Waals surface area contributed by atoms with Crippen molar-refractivity contribution in [1.29, 1.82) is 0 Å². The van der Waals surface area contributed by atoms with Crippen LogP contribution in [0.4, 0.5) is 11.4 Å². The molecule has 0 spiro atoms. The molecule has 0 aromatic heterocycles. The molecule has 3 rings (SSSR count). The summed E-state index contributed by atoms with van der Waals surface area (Å²) < 4.78 is 29.2. The van der Waals surface area contributed by atoms with E-state index < -0.39 is 10.2 Å². The summed E-state index contributed by atoms with van der Waals surface area (Å²) in [6.45, 7) is 3.12. The molecule has 0 aliphatic carbocycles. The zero-order valence-electron chi connectivity index (χ0n) is 12.2. The average Bonchev–Trinajstić information content (AvgIpc) is 2.46. The Morgan fingerprint density at radius 2 is 2.10 bits per heavy atom. The molecule has 5 nitrogen and oxygen atoms in total. The Balaban J connectivity index is 1.99. The van der Waals surface area contributed by atoms with Crippen LogP contribution >= 0.6 is 11.8 Å². The number of thioether (sulfide) groups is 1. The van der Waals surface area contributed by atoms with Crippen LogP contribution in [-0.2, 0) is 10.2 Å². The summed E-state index contributed by atoms with van der Waals surface area (Å²) in [6, 6.07) is 5.58. The van der Waals surface area contributed by atoms with Gasteiger partial charge in [-0.25, -0.2) is 0 Å². The Labute approximate surface area is 130 Å². The van der Waals surface area contributed by atoms with Crippen LogP contribution in [0.25, 0.3) is 0 Å². The second kappa shape index (κ2) is 5.70. The number of nitrogens with two attached hydrogens (primary N) is 1. The van der Waals surface area contributed by atoms with Crippen LogP contribution in [0.1, 0.15) is 26.2 Å². The lowest BCUT2D eigenvalue weighted by Gasteiger charge is -2.39. The highest BCUT2D eigenvalue weighted by atomic mass is 32.2. The first kappa shape index (κ1) is 15.0. The Morgan fingerprint density at radius 1 is 1.29 bits per heavy atom. The van der Waals surface area contributed by atoms with Crippen LogP contribution in [-0.4, -0.2) is 37.6 Å². The van der Waals surface area contributed by atoms with Crippen molar-refractivity contribution < 1.29 is 8.42 Å². The molecule has 0 radical (unpaired) electrons. The average molecular weight is 327 g/mol. The topological polar surface area (TPSA) is 66.6 Å². The van der Waals surface area contributed by atoms with Gasteiger partial charge >= 0.3 is 10.2 Å². The van der Waals surface area contributed by atoms with Crippen molar-refractivity contribution in [2.75, 3.05) is 28.9 Å². The molecule has 7 heteroatoms. The van der Waals surface area contributed by atoms with Gasteiger partial charge in [0.05, 0.1) is 5.69 Å². The maximum absolute atomic E-state index is 13.0. The van der Waals surface area contributed by atoms with Gasteiger partial charge in [-0.2, -0.15) is 12.7 Å². The number of rotatable bonds is 2. The Hall–Kier alpha value is -0.920. The van der Waals surface area contributed by atoms with Gasteiger partial charge in [0.15, 0.2) is 0 Å². The van der Waals surface area contributed by atoms with Gasteiger partial charge in [0.2, 0.25) is 0 Å². The summed E-state index contributed by atoms with van der Waals surface area (Å²) in [7, 11) is -3.47. The molecule has 1 aromatic carbocycles. The molecule has 2 heterocycles. The fourth-order valence-corrected chi connectivity index (χ4v) is 6.03. The van der Waals surface area contributed by atoms with Gasteiger partial charge in [-0.3, -0.25) is 4.31 Å². The van der Waals surface area contributed by atoms with Gasteiger partial charge in [0, 0.05) is 35.5 Å². The van der Waals surface area contributed by atoms with Gasteiger partial charge in [0.25, 0.3) is 0 Å². The largest absolute Gasteiger partial charge is 0.399 e. The lowest BCUT2D eigenvalue weighted by molar-refractivity contribution is 0.268. The van der Waals surface area contributed by atoms with Crippen LogP contribution in [0, 0.1) is 0 Å². The van der Waals surface area contributed by atoms with Gasteiger partial charge in [-0.15, -0.1) is 11.8 Å². The molecule has 1 atom stereocenters. The Kier molecular flexibility index (Phi) is 4.07. The summed E-state index contributed by atoms with van der Waals surface area (Å²) in [5.74, 6) is 0.776. The van der Waals surface area contributed by atoms with Gasteiger partial charge in [0.1, 0.15) is 0 Å². The summed E-state index contributed by atoms with van der Waals surface area (Å²) in [5.41, 5.74) is 7.17. The molecular formula is C14H21N3O2S2. The van der Waals surface area contributed by atoms with Crippen molar-refractivity contribution in [3.8, 4) is 0 Å². The third kappa shape index (κ3) is 2.74. The minimum atomic E-state index is -3.47. The summed E-state index contributed by atoms with van der Waals surface area (Å²) in [5, 5.41) is 0. The van der Waals surface area contributed by atoms with Crippen LogP contribution < -0.4 is 10.0 Å². The van der Waals surface area contributed by atoms with Crippen molar-refractivity contribution in [1.82, 2.24) is 4.31 Å². The van der Waals surface area contributed by atoms with E-state index in [-0.39, 0.29) is 6.04 Å². The number of hydrogen-bond acceptors (Lipinski definition) is 4. The van der Waals surface area contributed by atoms with Crippen LogP contribution in [0.3, 0.4) is 0 Å². The van der Waals surface area contributed by atoms with Crippen molar-refractivity contribution in [2.45, 2.75) is 37.1 Å². The molecule has 0 bridgehead atoms. The summed E-state index contributed by atoms with van der Waals surface area (Å²) in [4.78, 5) is 0.990. The second-order valence-corrected chi connectivity index (χ2v) is 8.55. The maximum Gasteiger partial charge on any atom is 0.304 e. The highest BCUT2D eigenvalue weighted by Gasteiger charge is 2.36. The van der Waals surface area contributed by atoms with E-state index in [9.17, 15) is 8.42 Å². The molecule has 2 aliphatic heterocycles. The monoisotopic (exact) mass is 327 g/mol. The van der Waals surface area contributed by atoms with Gasteiger partial charge < -0.3 is 5.73 Å². The zero-order valence-corrected chi connectivity index (χ0v) is 13.8. The third-order valence-electron chi connectivity index (χ3n) is 4.12. The number of nitrogens with zero attached hydrogens (tertiary/aromatic N) is 2. The van der Waals surface area contributed by atoms with Crippen molar-refractivity contribution in [3.05, 3.63) is 18.2 Å². The number of nitrogen functional groups attached to an aromatic ring is 1. The van der Waals surface area contributed by atoms with Crippen molar-refractivity contribution >= 4 is 33.3 Å². The predicted octanol–water partition coefficient (Wildman–Crippen LogP) is 2.30. The molecule has 0 amide bonds. The Bertz CT molecular complexity index is 633. The zero-order chi connectivity index (χ0) is 15.0. The molecule has 0 saturated carbocycles. The minimum Gasteiger partial charge on any atom is -0.399 e. The molecule has 1 saturated heterocycles. The predicted molar refractivity (Wildman–Crippen MR) is 87.9 cm³/mol. The molecule has 1 fully saturated rings. The molecular weight excluding hydrogens is 306 g/mol. The molecule has 116 valence electrons. The first-order valence-electron chi connectivity index (χ1n) is 7.32. The molecule has 2 N–H and O–H groups in total. The Morgan fingerprint density at radius 3 is 2.86 bits per heavy atom. The molecule has 1 unspecified atom stereocenters. The van der Waals surface area contributed by atoms with E-state index >= 15 is 0 Å². The first-order valence-corrected chi connectivity index (χ1v) is 9.70. The third-order valence-corrected chi connectivity index (χ3v) is 7.23. The van der Waals surface area contributed by atoms with Crippen molar-refractivity contribution in [3.63, 3.8) is 0 Å². The number of hydrogen-bond donors (Lipinski definition) is 1. The maximum atomic E-state index is 13.0. The fourth-order valence-electron chi connectivity index (χ4n) is 2.99. The van der Waals surface area contributed by atoms with E-state index in [1.54, 1.807) is 22.1 Å². The fraction of sp³-hybridized carbons (Fsp3) is 0.571. The molecule has 1 aromatic rings. The standard InChI is InChI=1S/C14H21N3O2S2/c1-11-4-2-3-7-16(11)21(18,19)17-8-9-20-14-6-5-12(15)10-13(14)17/h5-6,10-11H,2-4,7-9,15H2,1H3. The minimum absolute atomic E-state index is 0.0721. The van der Waals surface area contributed by atoms with Crippen LogP contribution in [0.5, 0.6) is 0 Å². The van der Waals surface area contributed by atoms with E-state index in [2.05, 4.69) is 0 Å². The van der Waals surface area contributed by atoms with Crippen LogP contribution in [0.2, 0.25) is 0 Å². The van der Waals surface area contributed by atoms with E-state index in [1.807, 2.05) is 19.1 Å². The van der Waals surface area contributed by atoms with E-state index in [0.29, 0.717) is 18.8 Å². The normalized spacial score (nSPS) is 23.9. The van der Waals surface area contributed by atoms with E-state index in [1.165, 1.54) is 4.31 Å². The van der Waals surface area contributed by atoms with E-state index in [0.717, 1.165) is 35.6 Å². The summed E-state index contributed by atoms with van der Waals surface area (Å²) in [6.07, 6.45) is 2.98. The van der Waals surface area contributed by atoms with Crippen LogP contribution in [0.15, 0.2) is 23.1 Å². The number of benzene rings is 1. The SMILES string of the molecule is CC1CCCCN1S(=O)(=O)N1CCSc2ccc(N)cc21. The lowest BCUT2D eigenvalue weighted by atomic mass is 10.1. The molecule has 2 aliphatic rings. The van der Waals surface area contributed by atoms with Gasteiger partial charge in [-0.1, -0.05) is 6.42 Å². The number of piperidine rings is 1. The highest BCUT2D eigenvalue weighted by Crippen LogP contribution is 2.38. The highest BCUT2D eigenvalue weighted by molar-refractivity contribution is 7.99.